The maximum absolute atomic E-state index is 11.1. The average molecular weight is 286 g/mol. The van der Waals surface area contributed by atoms with Crippen LogP contribution in [0.4, 0.5) is 17.1 Å². The maximum Gasteiger partial charge on any atom is 0.295 e. The lowest BCUT2D eigenvalue weighted by Crippen LogP contribution is -1.98. The highest BCUT2D eigenvalue weighted by atomic mass is 16.6. The van der Waals surface area contributed by atoms with E-state index in [1.54, 1.807) is 31.4 Å². The van der Waals surface area contributed by atoms with Gasteiger partial charge in [-0.15, -0.1) is 0 Å². The lowest BCUT2D eigenvalue weighted by Gasteiger charge is -2.07. The summed E-state index contributed by atoms with van der Waals surface area (Å²) in [7, 11) is 1.56. The van der Waals surface area contributed by atoms with Gasteiger partial charge in [0.15, 0.2) is 5.52 Å². The SMILES string of the molecule is COc1ccc(Nc2c([N+](=O)[O-])ccc3nonc23)cc1. The van der Waals surface area contributed by atoms with Crippen LogP contribution in [0.3, 0.4) is 0 Å². The molecule has 0 aliphatic heterocycles. The Morgan fingerprint density at radius 3 is 2.62 bits per heavy atom. The van der Waals surface area contributed by atoms with Crippen molar-refractivity contribution in [1.82, 2.24) is 10.3 Å². The van der Waals surface area contributed by atoms with Gasteiger partial charge in [-0.1, -0.05) is 0 Å². The van der Waals surface area contributed by atoms with Crippen LogP contribution in [0.15, 0.2) is 41.0 Å². The molecule has 1 aromatic heterocycles. The molecule has 2 aromatic carbocycles. The quantitative estimate of drug-likeness (QED) is 0.580. The van der Waals surface area contributed by atoms with Gasteiger partial charge in [0.2, 0.25) is 0 Å². The van der Waals surface area contributed by atoms with Gasteiger partial charge in [0.1, 0.15) is 17.0 Å². The minimum absolute atomic E-state index is 0.103. The number of rotatable bonds is 4. The highest BCUT2D eigenvalue weighted by Gasteiger charge is 2.20. The fraction of sp³-hybridized carbons (Fsp3) is 0.0769. The standard InChI is InChI=1S/C13H10N4O4/c1-20-9-4-2-8(3-5-9)14-13-11(17(18)19)7-6-10-12(13)16-21-15-10/h2-7,14H,1H3. The number of nitro benzene ring substituents is 1. The first kappa shape index (κ1) is 12.9. The number of nitrogens with one attached hydrogen (secondary N) is 1. The van der Waals surface area contributed by atoms with Gasteiger partial charge in [0.05, 0.1) is 12.0 Å². The molecule has 0 unspecified atom stereocenters. The third-order valence-corrected chi connectivity index (χ3v) is 2.96. The lowest BCUT2D eigenvalue weighted by molar-refractivity contribution is -0.383. The van der Waals surface area contributed by atoms with Crippen LogP contribution in [0.1, 0.15) is 0 Å². The first-order valence-electron chi connectivity index (χ1n) is 6.00. The molecule has 0 spiro atoms. The number of hydrogen-bond acceptors (Lipinski definition) is 7. The van der Waals surface area contributed by atoms with E-state index in [2.05, 4.69) is 20.3 Å². The van der Waals surface area contributed by atoms with E-state index in [0.717, 1.165) is 0 Å². The number of methoxy groups -OCH3 is 1. The van der Waals surface area contributed by atoms with Crippen LogP contribution in [0.25, 0.3) is 11.0 Å². The van der Waals surface area contributed by atoms with Crippen LogP contribution >= 0.6 is 0 Å². The summed E-state index contributed by atoms with van der Waals surface area (Å²) in [6.45, 7) is 0. The van der Waals surface area contributed by atoms with Gasteiger partial charge in [-0.05, 0) is 40.6 Å². The Morgan fingerprint density at radius 1 is 1.19 bits per heavy atom. The molecule has 3 aromatic rings. The molecule has 0 aliphatic carbocycles. The molecule has 0 bridgehead atoms. The fourth-order valence-corrected chi connectivity index (χ4v) is 1.93. The van der Waals surface area contributed by atoms with Gasteiger partial charge in [0.25, 0.3) is 5.69 Å². The Kier molecular flexibility index (Phi) is 3.11. The van der Waals surface area contributed by atoms with E-state index in [1.165, 1.54) is 12.1 Å². The third kappa shape index (κ3) is 2.34. The summed E-state index contributed by atoms with van der Waals surface area (Å²) in [4.78, 5) is 10.7. The highest BCUT2D eigenvalue weighted by Crippen LogP contribution is 2.33. The van der Waals surface area contributed by atoms with Gasteiger partial charge < -0.3 is 10.1 Å². The Labute approximate surface area is 118 Å². The van der Waals surface area contributed by atoms with Crippen molar-refractivity contribution in [3.63, 3.8) is 0 Å². The summed E-state index contributed by atoms with van der Waals surface area (Å²) in [5, 5.41) is 21.5. The first-order valence-corrected chi connectivity index (χ1v) is 6.00. The number of anilines is 2. The van der Waals surface area contributed by atoms with Crippen molar-refractivity contribution in [3.05, 3.63) is 46.5 Å². The molecule has 106 valence electrons. The average Bonchev–Trinajstić information content (AvgIpc) is 2.97. The number of nitrogens with zero attached hydrogens (tertiary/aromatic N) is 3. The van der Waals surface area contributed by atoms with Crippen molar-refractivity contribution >= 4 is 28.1 Å². The molecule has 8 heteroatoms. The number of fused-ring (bicyclic) bond motifs is 1. The summed E-state index contributed by atoms with van der Waals surface area (Å²) >= 11 is 0. The summed E-state index contributed by atoms with van der Waals surface area (Å²) in [6, 6.07) is 9.83. The zero-order chi connectivity index (χ0) is 14.8. The van der Waals surface area contributed by atoms with Gasteiger partial charge in [-0.25, -0.2) is 4.63 Å². The summed E-state index contributed by atoms with van der Waals surface area (Å²) in [5.41, 5.74) is 1.55. The molecule has 8 nitrogen and oxygen atoms in total. The third-order valence-electron chi connectivity index (χ3n) is 2.96. The van der Waals surface area contributed by atoms with Crippen molar-refractivity contribution in [2.24, 2.45) is 0 Å². The zero-order valence-corrected chi connectivity index (χ0v) is 10.9. The zero-order valence-electron chi connectivity index (χ0n) is 10.9. The number of ether oxygens (including phenoxy) is 1. The summed E-state index contributed by atoms with van der Waals surface area (Å²) < 4.78 is 9.70. The molecule has 3 rings (SSSR count). The number of nitro groups is 1. The maximum atomic E-state index is 11.1. The Morgan fingerprint density at radius 2 is 1.95 bits per heavy atom. The largest absolute Gasteiger partial charge is 0.497 e. The predicted molar refractivity (Wildman–Crippen MR) is 74.7 cm³/mol. The van der Waals surface area contributed by atoms with Crippen LogP contribution < -0.4 is 10.1 Å². The van der Waals surface area contributed by atoms with Crippen molar-refractivity contribution in [2.75, 3.05) is 12.4 Å². The van der Waals surface area contributed by atoms with E-state index in [1.807, 2.05) is 0 Å². The summed E-state index contributed by atoms with van der Waals surface area (Å²) in [5.74, 6) is 0.691. The van der Waals surface area contributed by atoms with E-state index in [9.17, 15) is 10.1 Å². The van der Waals surface area contributed by atoms with E-state index in [-0.39, 0.29) is 11.4 Å². The van der Waals surface area contributed by atoms with Crippen molar-refractivity contribution in [3.8, 4) is 5.75 Å². The minimum atomic E-state index is -0.486. The second-order valence-corrected chi connectivity index (χ2v) is 4.20. The predicted octanol–water partition coefficient (Wildman–Crippen LogP) is 2.88. The molecule has 21 heavy (non-hydrogen) atoms. The molecule has 0 saturated heterocycles. The Bertz CT molecular complexity index is 798. The molecule has 0 aliphatic rings. The van der Waals surface area contributed by atoms with Crippen molar-refractivity contribution in [2.45, 2.75) is 0 Å². The molecule has 1 heterocycles. The van der Waals surface area contributed by atoms with E-state index < -0.39 is 4.92 Å². The second kappa shape index (κ2) is 5.08. The lowest BCUT2D eigenvalue weighted by atomic mass is 10.2. The fourth-order valence-electron chi connectivity index (χ4n) is 1.93. The van der Waals surface area contributed by atoms with Crippen LogP contribution in [0.2, 0.25) is 0 Å². The van der Waals surface area contributed by atoms with E-state index in [4.69, 9.17) is 4.74 Å². The molecule has 0 fully saturated rings. The molecule has 0 amide bonds. The molecule has 0 atom stereocenters. The smallest absolute Gasteiger partial charge is 0.295 e. The van der Waals surface area contributed by atoms with Crippen molar-refractivity contribution in [1.29, 1.82) is 0 Å². The Balaban J connectivity index is 2.06. The summed E-state index contributed by atoms with van der Waals surface area (Å²) in [6.07, 6.45) is 0. The van der Waals surface area contributed by atoms with Crippen LogP contribution in [-0.2, 0) is 0 Å². The molecule has 0 radical (unpaired) electrons. The van der Waals surface area contributed by atoms with Gasteiger partial charge in [0, 0.05) is 11.8 Å². The molecular weight excluding hydrogens is 276 g/mol. The van der Waals surface area contributed by atoms with Gasteiger partial charge in [-0.3, -0.25) is 10.1 Å². The first-order chi connectivity index (χ1) is 10.2. The second-order valence-electron chi connectivity index (χ2n) is 4.20. The monoisotopic (exact) mass is 286 g/mol. The van der Waals surface area contributed by atoms with Crippen LogP contribution in [0, 0.1) is 10.1 Å². The molecule has 0 saturated carbocycles. The normalized spacial score (nSPS) is 10.5. The Hall–Kier alpha value is -3.16. The molecule has 1 N–H and O–H groups in total. The van der Waals surface area contributed by atoms with Crippen molar-refractivity contribution < 1.29 is 14.3 Å². The number of aromatic nitrogens is 2. The van der Waals surface area contributed by atoms with Crippen LogP contribution in [-0.4, -0.2) is 22.3 Å². The topological polar surface area (TPSA) is 103 Å². The number of hydrogen-bond donors (Lipinski definition) is 1. The van der Waals surface area contributed by atoms with Crippen LogP contribution in [0.5, 0.6) is 5.75 Å². The van der Waals surface area contributed by atoms with Gasteiger partial charge in [-0.2, -0.15) is 0 Å². The molecular formula is C13H10N4O4. The highest BCUT2D eigenvalue weighted by molar-refractivity contribution is 5.94. The van der Waals surface area contributed by atoms with Gasteiger partial charge >= 0.3 is 0 Å². The van der Waals surface area contributed by atoms with E-state index in [0.29, 0.717) is 22.5 Å². The minimum Gasteiger partial charge on any atom is -0.497 e. The van der Waals surface area contributed by atoms with E-state index >= 15 is 0 Å². The number of benzene rings is 2.